The fraction of sp³-hybridized carbons (Fsp3) is 0.286. The smallest absolute Gasteiger partial charge is 0.348 e. The van der Waals surface area contributed by atoms with Crippen molar-refractivity contribution >= 4 is 38.3 Å². The van der Waals surface area contributed by atoms with Crippen molar-refractivity contribution in [1.82, 2.24) is 15.1 Å². The van der Waals surface area contributed by atoms with Crippen LogP contribution in [0.1, 0.15) is 25.3 Å². The van der Waals surface area contributed by atoms with Gasteiger partial charge in [-0.05, 0) is 36.6 Å². The molecule has 29 heavy (non-hydrogen) atoms. The van der Waals surface area contributed by atoms with Gasteiger partial charge in [0.15, 0.2) is 11.0 Å². The molecule has 6 nitrogen and oxygen atoms in total. The van der Waals surface area contributed by atoms with Crippen LogP contribution in [-0.4, -0.2) is 28.2 Å². The zero-order valence-electron chi connectivity index (χ0n) is 16.0. The van der Waals surface area contributed by atoms with Crippen LogP contribution in [0.25, 0.3) is 21.6 Å². The molecule has 2 aromatic heterocycles. The summed E-state index contributed by atoms with van der Waals surface area (Å²) in [5.74, 6) is -0.105. The molecular formula is C21H21ClN4O2S. The summed E-state index contributed by atoms with van der Waals surface area (Å²) in [4.78, 5) is 20.8. The van der Waals surface area contributed by atoms with Crippen molar-refractivity contribution in [1.29, 1.82) is 0 Å². The minimum Gasteiger partial charge on any atom is -0.348 e. The van der Waals surface area contributed by atoms with Gasteiger partial charge in [0.05, 0.1) is 10.2 Å². The third-order valence-corrected chi connectivity index (χ3v) is 6.04. The molecule has 150 valence electrons. The Balaban J connectivity index is 1.48. The summed E-state index contributed by atoms with van der Waals surface area (Å²) < 4.78 is 5.68. The van der Waals surface area contributed by atoms with Crippen molar-refractivity contribution in [2.75, 3.05) is 18.0 Å². The average molecular weight is 429 g/mol. The number of nitrogens with one attached hydrogen (secondary N) is 1. The number of aromatic amines is 1. The lowest BCUT2D eigenvalue weighted by Gasteiger charge is -2.21. The van der Waals surface area contributed by atoms with Crippen molar-refractivity contribution in [2.24, 2.45) is 0 Å². The van der Waals surface area contributed by atoms with Gasteiger partial charge < -0.3 is 4.90 Å². The monoisotopic (exact) mass is 428 g/mol. The van der Waals surface area contributed by atoms with Crippen LogP contribution in [0.4, 0.5) is 5.13 Å². The highest BCUT2D eigenvalue weighted by molar-refractivity contribution is 7.22. The second kappa shape index (κ2) is 8.80. The van der Waals surface area contributed by atoms with E-state index in [1.165, 1.54) is 5.56 Å². The Labute approximate surface area is 177 Å². The molecule has 0 aliphatic heterocycles. The molecule has 4 rings (SSSR count). The second-order valence-corrected chi connectivity index (χ2v) is 8.29. The SMILES string of the molecule is CCCCN(CCc1ccc(-c2noc(=O)[nH]2)cc1)c1nc2ccc(Cl)cc2s1. The van der Waals surface area contributed by atoms with E-state index >= 15 is 0 Å². The fourth-order valence-electron chi connectivity index (χ4n) is 3.12. The number of anilines is 1. The standard InChI is InChI=1S/C21H21ClN4O2S/c1-2-3-11-26(20-23-17-9-8-16(22)13-18(17)29-20)12-10-14-4-6-15(7-5-14)19-24-21(27)28-25-19/h4-9,13H,2-3,10-12H2,1H3,(H,24,25,27). The molecule has 0 aliphatic rings. The van der Waals surface area contributed by atoms with E-state index in [-0.39, 0.29) is 0 Å². The Morgan fingerprint density at radius 1 is 1.17 bits per heavy atom. The highest BCUT2D eigenvalue weighted by Gasteiger charge is 2.13. The number of benzene rings is 2. The largest absolute Gasteiger partial charge is 0.439 e. The molecule has 0 unspecified atom stereocenters. The highest BCUT2D eigenvalue weighted by atomic mass is 35.5. The van der Waals surface area contributed by atoms with Crippen molar-refractivity contribution in [2.45, 2.75) is 26.2 Å². The van der Waals surface area contributed by atoms with Crippen molar-refractivity contribution in [3.63, 3.8) is 0 Å². The molecule has 0 fully saturated rings. The van der Waals surface area contributed by atoms with Crippen LogP contribution in [0.2, 0.25) is 5.02 Å². The Bertz CT molecular complexity index is 1150. The number of halogens is 1. The van der Waals surface area contributed by atoms with Crippen LogP contribution in [0.3, 0.4) is 0 Å². The van der Waals surface area contributed by atoms with Gasteiger partial charge in [-0.2, -0.15) is 0 Å². The number of rotatable bonds is 8. The summed E-state index contributed by atoms with van der Waals surface area (Å²) in [6.07, 6.45) is 3.16. The summed E-state index contributed by atoms with van der Waals surface area (Å²) in [6, 6.07) is 13.8. The Hall–Kier alpha value is -2.64. The molecule has 2 heterocycles. The summed E-state index contributed by atoms with van der Waals surface area (Å²) in [6.45, 7) is 4.05. The lowest BCUT2D eigenvalue weighted by atomic mass is 10.1. The number of H-pyrrole nitrogens is 1. The van der Waals surface area contributed by atoms with Crippen LogP contribution < -0.4 is 10.7 Å². The topological polar surface area (TPSA) is 75.0 Å². The summed E-state index contributed by atoms with van der Waals surface area (Å²) in [7, 11) is 0. The van der Waals surface area contributed by atoms with Gasteiger partial charge in [-0.1, -0.05) is 65.7 Å². The number of fused-ring (bicyclic) bond motifs is 1. The first-order valence-corrected chi connectivity index (χ1v) is 10.8. The zero-order chi connectivity index (χ0) is 20.2. The Kier molecular flexibility index (Phi) is 5.97. The van der Waals surface area contributed by atoms with E-state index in [0.717, 1.165) is 58.3 Å². The van der Waals surface area contributed by atoms with Gasteiger partial charge in [-0.25, -0.2) is 9.78 Å². The van der Waals surface area contributed by atoms with Gasteiger partial charge in [0.1, 0.15) is 0 Å². The van der Waals surface area contributed by atoms with E-state index in [1.807, 2.05) is 30.3 Å². The first kappa shape index (κ1) is 19.7. The Morgan fingerprint density at radius 3 is 2.72 bits per heavy atom. The minimum atomic E-state index is -0.548. The molecule has 0 bridgehead atoms. The maximum Gasteiger partial charge on any atom is 0.439 e. The lowest BCUT2D eigenvalue weighted by molar-refractivity contribution is 0.388. The summed E-state index contributed by atoms with van der Waals surface area (Å²) in [5.41, 5.74) is 3.03. The highest BCUT2D eigenvalue weighted by Crippen LogP contribution is 2.31. The van der Waals surface area contributed by atoms with Crippen molar-refractivity contribution in [3.05, 3.63) is 63.6 Å². The third kappa shape index (κ3) is 4.68. The molecule has 8 heteroatoms. The van der Waals surface area contributed by atoms with Gasteiger partial charge in [0, 0.05) is 23.7 Å². The lowest BCUT2D eigenvalue weighted by Crippen LogP contribution is -2.26. The van der Waals surface area contributed by atoms with Gasteiger partial charge in [0.2, 0.25) is 0 Å². The van der Waals surface area contributed by atoms with E-state index in [9.17, 15) is 4.79 Å². The molecular weight excluding hydrogens is 408 g/mol. The van der Waals surface area contributed by atoms with E-state index < -0.39 is 5.76 Å². The number of thiazole rings is 1. The molecule has 4 aromatic rings. The zero-order valence-corrected chi connectivity index (χ0v) is 17.6. The van der Waals surface area contributed by atoms with Crippen LogP contribution in [0.15, 0.2) is 51.8 Å². The van der Waals surface area contributed by atoms with Crippen LogP contribution in [0, 0.1) is 0 Å². The first-order valence-electron chi connectivity index (χ1n) is 9.58. The minimum absolute atomic E-state index is 0.444. The third-order valence-electron chi connectivity index (χ3n) is 4.73. The van der Waals surface area contributed by atoms with E-state index in [4.69, 9.17) is 16.6 Å². The maximum absolute atomic E-state index is 11.1. The molecule has 0 aliphatic carbocycles. The van der Waals surface area contributed by atoms with Gasteiger partial charge >= 0.3 is 5.76 Å². The predicted molar refractivity (Wildman–Crippen MR) is 118 cm³/mol. The van der Waals surface area contributed by atoms with Gasteiger partial charge in [-0.3, -0.25) is 9.51 Å². The molecule has 0 amide bonds. The van der Waals surface area contributed by atoms with Gasteiger partial charge in [0.25, 0.3) is 0 Å². The average Bonchev–Trinajstić information content (AvgIpc) is 3.34. The van der Waals surface area contributed by atoms with Crippen LogP contribution in [0.5, 0.6) is 0 Å². The fourth-order valence-corrected chi connectivity index (χ4v) is 4.41. The van der Waals surface area contributed by atoms with Crippen molar-refractivity contribution in [3.8, 4) is 11.4 Å². The molecule has 2 aromatic carbocycles. The molecule has 0 atom stereocenters. The molecule has 0 spiro atoms. The van der Waals surface area contributed by atoms with Gasteiger partial charge in [-0.15, -0.1) is 0 Å². The quantitative estimate of drug-likeness (QED) is 0.420. The number of hydrogen-bond acceptors (Lipinski definition) is 6. The number of unbranched alkanes of at least 4 members (excludes halogenated alkanes) is 1. The maximum atomic E-state index is 11.1. The number of aromatic nitrogens is 3. The molecule has 0 saturated heterocycles. The van der Waals surface area contributed by atoms with E-state index in [1.54, 1.807) is 11.3 Å². The second-order valence-electron chi connectivity index (χ2n) is 6.84. The first-order chi connectivity index (χ1) is 14.1. The van der Waals surface area contributed by atoms with Crippen LogP contribution >= 0.6 is 22.9 Å². The molecule has 1 N–H and O–H groups in total. The van der Waals surface area contributed by atoms with E-state index in [2.05, 4.69) is 38.6 Å². The van der Waals surface area contributed by atoms with E-state index in [0.29, 0.717) is 5.82 Å². The molecule has 0 radical (unpaired) electrons. The number of nitrogens with zero attached hydrogens (tertiary/aromatic N) is 3. The van der Waals surface area contributed by atoms with Crippen LogP contribution in [-0.2, 0) is 6.42 Å². The normalized spacial score (nSPS) is 11.2. The predicted octanol–water partition coefficient (Wildman–Crippen LogP) is 5.14. The Morgan fingerprint density at radius 2 is 2.00 bits per heavy atom. The summed E-state index contributed by atoms with van der Waals surface area (Å²) >= 11 is 7.81. The summed E-state index contributed by atoms with van der Waals surface area (Å²) in [5, 5.41) is 5.49. The molecule has 0 saturated carbocycles. The van der Waals surface area contributed by atoms with Crippen molar-refractivity contribution < 1.29 is 4.52 Å². The number of hydrogen-bond donors (Lipinski definition) is 1.